The zero-order valence-corrected chi connectivity index (χ0v) is 24.4. The van der Waals surface area contributed by atoms with Crippen LogP contribution in [-0.2, 0) is 48.2 Å². The molecule has 42 heavy (non-hydrogen) atoms. The molecule has 1 fully saturated rings. The van der Waals surface area contributed by atoms with Gasteiger partial charge in [0.2, 0.25) is 0 Å². The fourth-order valence-corrected chi connectivity index (χ4v) is 6.20. The van der Waals surface area contributed by atoms with Crippen LogP contribution >= 0.6 is 0 Å². The lowest BCUT2D eigenvalue weighted by molar-refractivity contribution is -0.344. The maximum absolute atomic E-state index is 12.9. The molecule has 9 heteroatoms. The number of methoxy groups -OCH3 is 2. The molecule has 0 aromatic heterocycles. The summed E-state index contributed by atoms with van der Waals surface area (Å²) in [7, 11) is 2.86. The first kappa shape index (κ1) is 30.9. The average molecular weight is 577 g/mol. The highest BCUT2D eigenvalue weighted by Crippen LogP contribution is 2.56. The summed E-state index contributed by atoms with van der Waals surface area (Å²) in [5, 5.41) is 0. The van der Waals surface area contributed by atoms with E-state index < -0.39 is 53.5 Å². The molecule has 0 amide bonds. The summed E-state index contributed by atoms with van der Waals surface area (Å²) < 4.78 is 36.2. The second kappa shape index (κ2) is 13.3. The largest absolute Gasteiger partial charge is 0.463 e. The van der Waals surface area contributed by atoms with Crippen LogP contribution in [-0.4, -0.2) is 68.9 Å². The lowest BCUT2D eigenvalue weighted by Gasteiger charge is -2.60. The molecule has 0 N–H and O–H groups in total. The van der Waals surface area contributed by atoms with Crippen LogP contribution in [0.2, 0.25) is 0 Å². The topological polar surface area (TPSA) is 107 Å². The van der Waals surface area contributed by atoms with Crippen molar-refractivity contribution in [3.8, 4) is 0 Å². The van der Waals surface area contributed by atoms with Crippen LogP contribution in [0.4, 0.5) is 0 Å². The maximum atomic E-state index is 12.9. The molecule has 222 valence electrons. The van der Waals surface area contributed by atoms with E-state index in [2.05, 4.69) is 0 Å². The van der Waals surface area contributed by atoms with Crippen molar-refractivity contribution in [1.82, 2.24) is 0 Å². The van der Waals surface area contributed by atoms with Crippen LogP contribution in [0.5, 0.6) is 0 Å². The first-order valence-electron chi connectivity index (χ1n) is 13.6. The van der Waals surface area contributed by atoms with Gasteiger partial charge in [-0.25, -0.2) is 0 Å². The van der Waals surface area contributed by atoms with E-state index in [1.165, 1.54) is 35.0 Å². The molecule has 5 atom stereocenters. The van der Waals surface area contributed by atoms with Crippen LogP contribution in [0.25, 0.3) is 0 Å². The number of ether oxygens (including phenoxy) is 6. The van der Waals surface area contributed by atoms with Crippen molar-refractivity contribution in [2.24, 2.45) is 0 Å². The Morgan fingerprint density at radius 3 is 1.52 bits per heavy atom. The van der Waals surface area contributed by atoms with Gasteiger partial charge in [0.15, 0.2) is 24.1 Å². The third-order valence-corrected chi connectivity index (χ3v) is 7.58. The third-order valence-electron chi connectivity index (χ3n) is 7.58. The number of carbonyl (C=O) groups is 3. The van der Waals surface area contributed by atoms with Crippen molar-refractivity contribution < 1.29 is 42.8 Å². The highest BCUT2D eigenvalue weighted by atomic mass is 16.7. The second-order valence-corrected chi connectivity index (χ2v) is 9.98. The molecule has 0 saturated carbocycles. The molecule has 1 saturated heterocycles. The summed E-state index contributed by atoms with van der Waals surface area (Å²) in [4.78, 5) is 37.5. The molecule has 3 aromatic carbocycles. The van der Waals surface area contributed by atoms with Crippen LogP contribution < -0.4 is 0 Å². The molecule has 1 aliphatic heterocycles. The van der Waals surface area contributed by atoms with Crippen molar-refractivity contribution >= 4 is 17.9 Å². The second-order valence-electron chi connectivity index (χ2n) is 9.98. The highest BCUT2D eigenvalue weighted by Gasteiger charge is 2.71. The van der Waals surface area contributed by atoms with Gasteiger partial charge in [-0.3, -0.25) is 14.4 Å². The fraction of sp³-hybridized carbons (Fsp3) is 0.364. The van der Waals surface area contributed by atoms with Gasteiger partial charge in [-0.2, -0.15) is 0 Å². The number of carbonyl (C=O) groups excluding carboxylic acids is 3. The smallest absolute Gasteiger partial charge is 0.303 e. The van der Waals surface area contributed by atoms with Gasteiger partial charge < -0.3 is 28.4 Å². The van der Waals surface area contributed by atoms with Crippen LogP contribution in [0.1, 0.15) is 37.5 Å². The molecule has 0 spiro atoms. The lowest BCUT2D eigenvalue weighted by atomic mass is 9.54. The molecule has 0 unspecified atom stereocenters. The van der Waals surface area contributed by atoms with Crippen molar-refractivity contribution in [3.05, 3.63) is 108 Å². The summed E-state index contributed by atoms with van der Waals surface area (Å²) in [6, 6.07) is 28.7. The molecule has 0 bridgehead atoms. The zero-order chi connectivity index (χ0) is 30.3. The highest BCUT2D eigenvalue weighted by molar-refractivity contribution is 5.68. The molecular weight excluding hydrogens is 540 g/mol. The van der Waals surface area contributed by atoms with Crippen molar-refractivity contribution in [1.29, 1.82) is 0 Å². The predicted molar refractivity (Wildman–Crippen MR) is 152 cm³/mol. The SMILES string of the molecule is CO[C@H]1O[C@H](COC(C)=O)[C@@](OC)(C(c2ccccc2)(c2ccccc2)c2ccccc2)[C@H](OC(C)=O)[C@H]1OC(C)=O. The molecule has 4 rings (SSSR count). The number of rotatable bonds is 10. The minimum Gasteiger partial charge on any atom is -0.463 e. The van der Waals surface area contributed by atoms with E-state index in [4.69, 9.17) is 28.4 Å². The molecular formula is C33H36O9. The number of benzene rings is 3. The van der Waals surface area contributed by atoms with Crippen molar-refractivity contribution in [2.75, 3.05) is 20.8 Å². The number of hydrogen-bond acceptors (Lipinski definition) is 9. The zero-order valence-electron chi connectivity index (χ0n) is 24.4. The van der Waals surface area contributed by atoms with Gasteiger partial charge in [-0.1, -0.05) is 91.0 Å². The van der Waals surface area contributed by atoms with E-state index in [0.29, 0.717) is 0 Å². The molecule has 0 radical (unpaired) electrons. The Labute approximate surface area is 245 Å². The minimum absolute atomic E-state index is 0.290. The minimum atomic E-state index is -1.71. The molecule has 0 aliphatic carbocycles. The Kier molecular flexibility index (Phi) is 9.78. The molecule has 3 aromatic rings. The van der Waals surface area contributed by atoms with Gasteiger partial charge in [0.1, 0.15) is 12.7 Å². The monoisotopic (exact) mass is 576 g/mol. The van der Waals surface area contributed by atoms with E-state index in [1.807, 2.05) is 91.0 Å². The Morgan fingerprint density at radius 2 is 1.17 bits per heavy atom. The Morgan fingerprint density at radius 1 is 0.714 bits per heavy atom. The predicted octanol–water partition coefficient (Wildman–Crippen LogP) is 4.20. The Hall–Kier alpha value is -4.05. The van der Waals surface area contributed by atoms with E-state index in [1.54, 1.807) is 0 Å². The Bertz CT molecular complexity index is 1250. The normalized spacial score (nSPS) is 23.9. The van der Waals surface area contributed by atoms with Gasteiger partial charge in [0, 0.05) is 35.0 Å². The number of esters is 3. The van der Waals surface area contributed by atoms with Crippen LogP contribution in [0.15, 0.2) is 91.0 Å². The number of hydrogen-bond donors (Lipinski definition) is 0. The summed E-state index contributed by atoms with van der Waals surface area (Å²) in [6.07, 6.45) is -4.88. The quantitative estimate of drug-likeness (QED) is 0.199. The van der Waals surface area contributed by atoms with E-state index >= 15 is 0 Å². The summed E-state index contributed by atoms with van der Waals surface area (Å²) in [5.41, 5.74) is -0.734. The van der Waals surface area contributed by atoms with Crippen molar-refractivity contribution in [2.45, 2.75) is 56.4 Å². The van der Waals surface area contributed by atoms with Crippen LogP contribution in [0.3, 0.4) is 0 Å². The molecule has 9 nitrogen and oxygen atoms in total. The first-order chi connectivity index (χ1) is 20.2. The summed E-state index contributed by atoms with van der Waals surface area (Å²) in [6.45, 7) is 3.51. The van der Waals surface area contributed by atoms with E-state index in [-0.39, 0.29) is 6.61 Å². The van der Waals surface area contributed by atoms with E-state index in [9.17, 15) is 14.4 Å². The first-order valence-corrected chi connectivity index (χ1v) is 13.6. The molecule has 1 aliphatic rings. The molecule has 1 heterocycles. The van der Waals surface area contributed by atoms with Gasteiger partial charge in [-0.05, 0) is 16.7 Å². The standard InChI is InChI=1S/C33H36O9/c1-22(34)39-21-28-33(38-5,30(41-24(3)36)29(40-23(2)35)31(37-4)42-28)32(25-15-9-6-10-16-25,26-17-11-7-12-18-26)27-19-13-8-14-20-27/h6-20,28-31H,21H2,1-5H3/t28-,29-,30-,31+,33+/m1/s1. The average Bonchev–Trinajstić information content (AvgIpc) is 2.99. The van der Waals surface area contributed by atoms with Gasteiger partial charge in [-0.15, -0.1) is 0 Å². The van der Waals surface area contributed by atoms with Gasteiger partial charge in [0.25, 0.3) is 0 Å². The lowest BCUT2D eigenvalue weighted by Crippen LogP contribution is -2.77. The van der Waals surface area contributed by atoms with Crippen LogP contribution in [0, 0.1) is 0 Å². The summed E-state index contributed by atoms with van der Waals surface area (Å²) in [5.74, 6) is -1.84. The maximum Gasteiger partial charge on any atom is 0.303 e. The summed E-state index contributed by atoms with van der Waals surface area (Å²) >= 11 is 0. The van der Waals surface area contributed by atoms with E-state index in [0.717, 1.165) is 16.7 Å². The van der Waals surface area contributed by atoms with Gasteiger partial charge in [0.05, 0.1) is 5.41 Å². The van der Waals surface area contributed by atoms with Crippen molar-refractivity contribution in [3.63, 3.8) is 0 Å². The third kappa shape index (κ3) is 5.55. The van der Waals surface area contributed by atoms with Gasteiger partial charge >= 0.3 is 17.9 Å². The fourth-order valence-electron chi connectivity index (χ4n) is 6.20. The Balaban J connectivity index is 2.22.